The molecule has 0 saturated heterocycles. The van der Waals surface area contributed by atoms with Gasteiger partial charge in [-0.2, -0.15) is 0 Å². The Morgan fingerprint density at radius 2 is 1.77 bits per heavy atom. The Bertz CT molecular complexity index is 631. The molecule has 0 fully saturated rings. The van der Waals surface area contributed by atoms with Crippen molar-refractivity contribution in [1.82, 2.24) is 5.32 Å². The number of benzene rings is 2. The molecule has 0 spiro atoms. The van der Waals surface area contributed by atoms with Crippen LogP contribution in [0.3, 0.4) is 0 Å². The fourth-order valence-corrected chi connectivity index (χ4v) is 1.92. The summed E-state index contributed by atoms with van der Waals surface area (Å²) in [6.45, 7) is 2.10. The van der Waals surface area contributed by atoms with Crippen molar-refractivity contribution in [2.75, 3.05) is 12.4 Å². The highest BCUT2D eigenvalue weighted by molar-refractivity contribution is 5.90. The fourth-order valence-electron chi connectivity index (χ4n) is 1.92. The van der Waals surface area contributed by atoms with E-state index < -0.39 is 0 Å². The van der Waals surface area contributed by atoms with E-state index in [9.17, 15) is 4.79 Å². The van der Waals surface area contributed by atoms with Crippen LogP contribution in [0.1, 0.15) is 18.1 Å². The normalized spacial score (nSPS) is 10.5. The summed E-state index contributed by atoms with van der Waals surface area (Å²) < 4.78 is 5.09. The van der Waals surface area contributed by atoms with E-state index in [4.69, 9.17) is 4.74 Å². The third-order valence-corrected chi connectivity index (χ3v) is 3.23. The molecule has 2 rings (SSSR count). The Balaban J connectivity index is 1.84. The molecule has 0 aliphatic heterocycles. The number of nitrogens with one attached hydrogen (secondary N) is 2. The summed E-state index contributed by atoms with van der Waals surface area (Å²) in [5.74, 6) is 0.804. The van der Waals surface area contributed by atoms with Gasteiger partial charge < -0.3 is 15.4 Å². The third-order valence-electron chi connectivity index (χ3n) is 3.23. The van der Waals surface area contributed by atoms with E-state index in [-0.39, 0.29) is 6.03 Å². The number of aryl methyl sites for hydroxylation is 1. The maximum absolute atomic E-state index is 11.8. The number of hydrogen-bond acceptors (Lipinski definition) is 2. The third kappa shape index (κ3) is 4.66. The van der Waals surface area contributed by atoms with Gasteiger partial charge in [-0.15, -0.1) is 0 Å². The van der Waals surface area contributed by atoms with Crippen LogP contribution >= 0.6 is 0 Å². The van der Waals surface area contributed by atoms with Crippen LogP contribution in [0.25, 0.3) is 6.08 Å². The van der Waals surface area contributed by atoms with Gasteiger partial charge in [0.1, 0.15) is 5.75 Å². The quantitative estimate of drug-likeness (QED) is 0.874. The number of anilines is 1. The molecule has 0 aliphatic rings. The monoisotopic (exact) mass is 296 g/mol. The van der Waals surface area contributed by atoms with E-state index in [0.29, 0.717) is 0 Å². The maximum atomic E-state index is 11.8. The minimum Gasteiger partial charge on any atom is -0.497 e. The van der Waals surface area contributed by atoms with Gasteiger partial charge in [0.25, 0.3) is 0 Å². The second kappa shape index (κ2) is 7.88. The van der Waals surface area contributed by atoms with E-state index in [1.807, 2.05) is 54.6 Å². The Hall–Kier alpha value is -2.75. The van der Waals surface area contributed by atoms with Crippen LogP contribution in [0.4, 0.5) is 10.5 Å². The summed E-state index contributed by atoms with van der Waals surface area (Å²) in [4.78, 5) is 11.8. The van der Waals surface area contributed by atoms with Crippen LogP contribution < -0.4 is 15.4 Å². The Kier molecular flexibility index (Phi) is 5.60. The smallest absolute Gasteiger partial charge is 0.323 e. The molecule has 0 unspecified atom stereocenters. The van der Waals surface area contributed by atoms with Gasteiger partial charge in [0.05, 0.1) is 7.11 Å². The topological polar surface area (TPSA) is 50.4 Å². The van der Waals surface area contributed by atoms with Crippen LogP contribution in [0.5, 0.6) is 5.75 Å². The van der Waals surface area contributed by atoms with Crippen LogP contribution in [0, 0.1) is 0 Å². The van der Waals surface area contributed by atoms with E-state index in [1.54, 1.807) is 13.3 Å². The number of carbonyl (C=O) groups excluding carboxylic acids is 1. The summed E-state index contributed by atoms with van der Waals surface area (Å²) in [5, 5.41) is 5.45. The van der Waals surface area contributed by atoms with Gasteiger partial charge in [-0.25, -0.2) is 4.79 Å². The summed E-state index contributed by atoms with van der Waals surface area (Å²) >= 11 is 0. The van der Waals surface area contributed by atoms with Gasteiger partial charge in [-0.3, -0.25) is 0 Å². The molecule has 2 aromatic rings. The molecule has 2 N–H and O–H groups in total. The molecular weight excluding hydrogens is 276 g/mol. The summed E-state index contributed by atoms with van der Waals surface area (Å²) in [6, 6.07) is 15.1. The number of hydrogen-bond donors (Lipinski definition) is 2. The van der Waals surface area contributed by atoms with Crippen molar-refractivity contribution < 1.29 is 9.53 Å². The lowest BCUT2D eigenvalue weighted by atomic mass is 10.1. The predicted molar refractivity (Wildman–Crippen MR) is 90.0 cm³/mol. The zero-order chi connectivity index (χ0) is 15.8. The number of methoxy groups -OCH3 is 1. The lowest BCUT2D eigenvalue weighted by Gasteiger charge is -2.05. The second-order valence-electron chi connectivity index (χ2n) is 4.76. The lowest BCUT2D eigenvalue weighted by Crippen LogP contribution is -2.23. The van der Waals surface area contributed by atoms with Gasteiger partial charge in [-0.1, -0.05) is 31.2 Å². The first-order chi connectivity index (χ1) is 10.7. The first kappa shape index (κ1) is 15.6. The van der Waals surface area contributed by atoms with Gasteiger partial charge in [-0.05, 0) is 47.9 Å². The van der Waals surface area contributed by atoms with Gasteiger partial charge >= 0.3 is 6.03 Å². The Labute approximate surface area is 130 Å². The highest BCUT2D eigenvalue weighted by atomic mass is 16.5. The molecule has 4 heteroatoms. The molecule has 0 aliphatic carbocycles. The zero-order valence-corrected chi connectivity index (χ0v) is 12.8. The number of urea groups is 1. The number of amides is 2. The van der Waals surface area contributed by atoms with Gasteiger partial charge in [0.15, 0.2) is 0 Å². The van der Waals surface area contributed by atoms with E-state index in [0.717, 1.165) is 23.4 Å². The molecular formula is C18H20N2O2. The molecule has 0 radical (unpaired) electrons. The van der Waals surface area contributed by atoms with Crippen molar-refractivity contribution in [3.8, 4) is 5.75 Å². The molecule has 2 amide bonds. The van der Waals surface area contributed by atoms with E-state index >= 15 is 0 Å². The van der Waals surface area contributed by atoms with Crippen molar-refractivity contribution in [1.29, 1.82) is 0 Å². The molecule has 22 heavy (non-hydrogen) atoms. The van der Waals surface area contributed by atoms with Crippen molar-refractivity contribution in [2.45, 2.75) is 13.3 Å². The largest absolute Gasteiger partial charge is 0.497 e. The average molecular weight is 296 g/mol. The predicted octanol–water partition coefficient (Wildman–Crippen LogP) is 4.05. The standard InChI is InChI=1S/C18H20N2O2/c1-3-14-4-8-16(9-5-14)20-18(21)19-13-12-15-6-10-17(22-2)11-7-15/h4-13H,3H2,1-2H3,(H2,19,20,21)/b13-12+. The number of rotatable bonds is 5. The van der Waals surface area contributed by atoms with Crippen LogP contribution in [-0.2, 0) is 6.42 Å². The molecule has 0 atom stereocenters. The average Bonchev–Trinajstić information content (AvgIpc) is 2.56. The lowest BCUT2D eigenvalue weighted by molar-refractivity contribution is 0.255. The van der Waals surface area contributed by atoms with Crippen molar-refractivity contribution in [3.05, 3.63) is 65.9 Å². The first-order valence-electron chi connectivity index (χ1n) is 7.18. The molecule has 0 saturated carbocycles. The van der Waals surface area contributed by atoms with Crippen molar-refractivity contribution in [2.24, 2.45) is 0 Å². The van der Waals surface area contributed by atoms with Crippen molar-refractivity contribution in [3.63, 3.8) is 0 Å². The van der Waals surface area contributed by atoms with Gasteiger partial charge in [0, 0.05) is 11.9 Å². The highest BCUT2D eigenvalue weighted by Crippen LogP contribution is 2.12. The maximum Gasteiger partial charge on any atom is 0.323 e. The van der Waals surface area contributed by atoms with Crippen molar-refractivity contribution >= 4 is 17.8 Å². The Morgan fingerprint density at radius 1 is 1.09 bits per heavy atom. The van der Waals surface area contributed by atoms with Gasteiger partial charge in [0.2, 0.25) is 0 Å². The summed E-state index contributed by atoms with van der Waals surface area (Å²) in [5.41, 5.74) is 2.99. The summed E-state index contributed by atoms with van der Waals surface area (Å²) in [6.07, 6.45) is 4.41. The first-order valence-corrected chi connectivity index (χ1v) is 7.18. The van der Waals surface area contributed by atoms with Crippen LogP contribution in [-0.4, -0.2) is 13.1 Å². The number of carbonyl (C=O) groups is 1. The molecule has 0 aromatic heterocycles. The highest BCUT2D eigenvalue weighted by Gasteiger charge is 1.99. The minimum absolute atomic E-state index is 0.269. The van der Waals surface area contributed by atoms with E-state index in [1.165, 1.54) is 5.56 Å². The summed E-state index contributed by atoms with van der Waals surface area (Å²) in [7, 11) is 1.63. The fraction of sp³-hybridized carbons (Fsp3) is 0.167. The second-order valence-corrected chi connectivity index (χ2v) is 4.76. The molecule has 114 valence electrons. The molecule has 2 aromatic carbocycles. The molecule has 0 bridgehead atoms. The Morgan fingerprint density at radius 3 is 2.36 bits per heavy atom. The number of ether oxygens (including phenoxy) is 1. The van der Waals surface area contributed by atoms with E-state index in [2.05, 4.69) is 17.6 Å². The SMILES string of the molecule is CCc1ccc(NC(=O)N/C=C/c2ccc(OC)cc2)cc1. The molecule has 0 heterocycles. The minimum atomic E-state index is -0.269. The van der Waals surface area contributed by atoms with Crippen LogP contribution in [0.15, 0.2) is 54.7 Å². The zero-order valence-electron chi connectivity index (χ0n) is 12.8. The molecule has 4 nitrogen and oxygen atoms in total. The van der Waals surface area contributed by atoms with Crippen LogP contribution in [0.2, 0.25) is 0 Å².